The number of halogens is 3. The van der Waals surface area contributed by atoms with Gasteiger partial charge < -0.3 is 10.8 Å². The van der Waals surface area contributed by atoms with Gasteiger partial charge in [-0.2, -0.15) is 0 Å². The first-order valence-electron chi connectivity index (χ1n) is 6.00. The molecule has 3 N–H and O–H groups in total. The summed E-state index contributed by atoms with van der Waals surface area (Å²) < 4.78 is 13.7. The Hall–Kier alpha value is -1.13. The lowest BCUT2D eigenvalue weighted by atomic mass is 9.96. The van der Waals surface area contributed by atoms with Gasteiger partial charge in [-0.1, -0.05) is 48.0 Å². The Morgan fingerprint density at radius 1 is 1.15 bits per heavy atom. The number of rotatable bonds is 4. The standard InChI is InChI=1S/C15H15ClFNO.ClH/c16-11-6-7-12(13(17)9-11)15(18)14(19)8-10-4-2-1-3-5-10;/h1-7,9,14-15,19H,8,18H2;1H/t14-,15+;/m0./s1. The van der Waals surface area contributed by atoms with Crippen LogP contribution in [0.4, 0.5) is 4.39 Å². The number of nitrogens with two attached hydrogens (primary N) is 1. The van der Waals surface area contributed by atoms with Crippen LogP contribution in [0.15, 0.2) is 48.5 Å². The highest BCUT2D eigenvalue weighted by molar-refractivity contribution is 6.30. The number of benzene rings is 2. The van der Waals surface area contributed by atoms with Gasteiger partial charge in [0.25, 0.3) is 0 Å². The highest BCUT2D eigenvalue weighted by Gasteiger charge is 2.20. The molecule has 0 aliphatic heterocycles. The maximum Gasteiger partial charge on any atom is 0.129 e. The fourth-order valence-electron chi connectivity index (χ4n) is 1.96. The lowest BCUT2D eigenvalue weighted by molar-refractivity contribution is 0.143. The van der Waals surface area contributed by atoms with Crippen LogP contribution < -0.4 is 5.73 Å². The van der Waals surface area contributed by atoms with E-state index in [4.69, 9.17) is 17.3 Å². The van der Waals surface area contributed by atoms with Gasteiger partial charge in [0.1, 0.15) is 5.82 Å². The van der Waals surface area contributed by atoms with Crippen LogP contribution in [0, 0.1) is 5.82 Å². The van der Waals surface area contributed by atoms with E-state index in [2.05, 4.69) is 0 Å². The summed E-state index contributed by atoms with van der Waals surface area (Å²) >= 11 is 5.69. The van der Waals surface area contributed by atoms with Crippen molar-refractivity contribution < 1.29 is 9.50 Å². The second kappa shape index (κ2) is 7.60. The third-order valence-corrected chi connectivity index (χ3v) is 3.26. The van der Waals surface area contributed by atoms with E-state index in [0.29, 0.717) is 11.4 Å². The minimum absolute atomic E-state index is 0. The van der Waals surface area contributed by atoms with E-state index < -0.39 is 18.0 Å². The van der Waals surface area contributed by atoms with Gasteiger partial charge in [-0.05, 0) is 17.7 Å². The molecule has 2 rings (SSSR count). The molecule has 0 amide bonds. The number of aliphatic hydroxyl groups excluding tert-OH is 1. The van der Waals surface area contributed by atoms with Crippen molar-refractivity contribution in [2.75, 3.05) is 0 Å². The van der Waals surface area contributed by atoms with Crippen molar-refractivity contribution in [3.8, 4) is 0 Å². The van der Waals surface area contributed by atoms with E-state index >= 15 is 0 Å². The van der Waals surface area contributed by atoms with Crippen molar-refractivity contribution in [2.45, 2.75) is 18.6 Å². The van der Waals surface area contributed by atoms with Crippen LogP contribution in [0.5, 0.6) is 0 Å². The van der Waals surface area contributed by atoms with E-state index in [1.54, 1.807) is 6.07 Å². The summed E-state index contributed by atoms with van der Waals surface area (Å²) in [5.41, 5.74) is 7.13. The Morgan fingerprint density at radius 3 is 2.40 bits per heavy atom. The minimum atomic E-state index is -0.849. The summed E-state index contributed by atoms with van der Waals surface area (Å²) in [6.45, 7) is 0. The molecular weight excluding hydrogens is 300 g/mol. The van der Waals surface area contributed by atoms with Gasteiger partial charge in [-0.3, -0.25) is 0 Å². The van der Waals surface area contributed by atoms with Crippen LogP contribution in [0.3, 0.4) is 0 Å². The maximum atomic E-state index is 13.7. The molecule has 0 radical (unpaired) electrons. The van der Waals surface area contributed by atoms with E-state index in [0.717, 1.165) is 5.56 Å². The van der Waals surface area contributed by atoms with E-state index in [9.17, 15) is 9.50 Å². The lowest BCUT2D eigenvalue weighted by Crippen LogP contribution is -2.28. The highest BCUT2D eigenvalue weighted by Crippen LogP contribution is 2.23. The quantitative estimate of drug-likeness (QED) is 0.907. The maximum absolute atomic E-state index is 13.7. The molecule has 0 saturated carbocycles. The summed E-state index contributed by atoms with van der Waals surface area (Å²) in [5.74, 6) is -0.493. The fraction of sp³-hybridized carbons (Fsp3) is 0.200. The summed E-state index contributed by atoms with van der Waals surface area (Å²) in [5, 5.41) is 10.4. The number of hydrogen-bond donors (Lipinski definition) is 2. The van der Waals surface area contributed by atoms with E-state index in [1.807, 2.05) is 30.3 Å². The molecule has 0 aromatic heterocycles. The Bertz CT molecular complexity index is 551. The van der Waals surface area contributed by atoms with Crippen LogP contribution in [-0.4, -0.2) is 11.2 Å². The van der Waals surface area contributed by atoms with Crippen LogP contribution in [0.25, 0.3) is 0 Å². The second-order valence-corrected chi connectivity index (χ2v) is 4.89. The van der Waals surface area contributed by atoms with E-state index in [1.165, 1.54) is 12.1 Å². The Kier molecular flexibility index (Phi) is 6.43. The van der Waals surface area contributed by atoms with Gasteiger partial charge in [0.2, 0.25) is 0 Å². The van der Waals surface area contributed by atoms with Gasteiger partial charge in [-0.15, -0.1) is 12.4 Å². The Labute approximate surface area is 128 Å². The number of aliphatic hydroxyl groups is 1. The first kappa shape index (κ1) is 16.9. The zero-order chi connectivity index (χ0) is 13.8. The average molecular weight is 316 g/mol. The topological polar surface area (TPSA) is 46.2 Å². The fourth-order valence-corrected chi connectivity index (χ4v) is 2.12. The molecule has 2 aromatic carbocycles. The Balaban J connectivity index is 0.00000200. The normalized spacial score (nSPS) is 13.4. The summed E-state index contributed by atoms with van der Waals surface area (Å²) in [6.07, 6.45) is -0.470. The van der Waals surface area contributed by atoms with Gasteiger partial charge in [0.05, 0.1) is 12.1 Å². The predicted molar refractivity (Wildman–Crippen MR) is 81.7 cm³/mol. The van der Waals surface area contributed by atoms with Gasteiger partial charge >= 0.3 is 0 Å². The first-order chi connectivity index (χ1) is 9.08. The number of hydrogen-bond acceptors (Lipinski definition) is 2. The lowest BCUT2D eigenvalue weighted by Gasteiger charge is -2.20. The van der Waals surface area contributed by atoms with Crippen LogP contribution in [-0.2, 0) is 6.42 Å². The summed E-state index contributed by atoms with van der Waals surface area (Å²) in [4.78, 5) is 0. The van der Waals surface area contributed by atoms with Crippen LogP contribution >= 0.6 is 24.0 Å². The average Bonchev–Trinajstić information content (AvgIpc) is 2.39. The zero-order valence-electron chi connectivity index (χ0n) is 10.7. The zero-order valence-corrected chi connectivity index (χ0v) is 12.2. The molecule has 0 unspecified atom stereocenters. The monoisotopic (exact) mass is 315 g/mol. The highest BCUT2D eigenvalue weighted by atomic mass is 35.5. The molecule has 108 valence electrons. The SMILES string of the molecule is Cl.N[C@H](c1ccc(Cl)cc1F)[C@@H](O)Cc1ccccc1. The van der Waals surface area contributed by atoms with E-state index in [-0.39, 0.29) is 18.0 Å². The van der Waals surface area contributed by atoms with Gasteiger partial charge in [0, 0.05) is 17.0 Å². The van der Waals surface area contributed by atoms with Gasteiger partial charge in [-0.25, -0.2) is 4.39 Å². The van der Waals surface area contributed by atoms with Crippen molar-refractivity contribution in [1.29, 1.82) is 0 Å². The molecule has 2 aromatic rings. The largest absolute Gasteiger partial charge is 0.391 e. The van der Waals surface area contributed by atoms with Crippen LogP contribution in [0.1, 0.15) is 17.2 Å². The molecule has 0 spiro atoms. The second-order valence-electron chi connectivity index (χ2n) is 4.45. The molecule has 2 atom stereocenters. The van der Waals surface area contributed by atoms with Crippen LogP contribution in [0.2, 0.25) is 5.02 Å². The molecule has 0 heterocycles. The Morgan fingerprint density at radius 2 is 1.80 bits per heavy atom. The summed E-state index contributed by atoms with van der Waals surface area (Å²) in [6, 6.07) is 13.0. The molecule has 0 saturated heterocycles. The van der Waals surface area contributed by atoms with Crippen molar-refractivity contribution in [3.05, 3.63) is 70.5 Å². The molecule has 20 heavy (non-hydrogen) atoms. The molecular formula is C15H16Cl2FNO. The first-order valence-corrected chi connectivity index (χ1v) is 6.38. The summed E-state index contributed by atoms with van der Waals surface area (Å²) in [7, 11) is 0. The third kappa shape index (κ3) is 4.18. The molecule has 0 fully saturated rings. The van der Waals surface area contributed by atoms with Gasteiger partial charge in [0.15, 0.2) is 0 Å². The molecule has 0 bridgehead atoms. The molecule has 0 aliphatic carbocycles. The van der Waals surface area contributed by atoms with Crippen molar-refractivity contribution in [1.82, 2.24) is 0 Å². The van der Waals surface area contributed by atoms with Crippen molar-refractivity contribution >= 4 is 24.0 Å². The predicted octanol–water partition coefficient (Wildman–Crippen LogP) is 3.50. The van der Waals surface area contributed by atoms with Crippen molar-refractivity contribution in [2.24, 2.45) is 5.73 Å². The molecule has 2 nitrogen and oxygen atoms in total. The smallest absolute Gasteiger partial charge is 0.129 e. The van der Waals surface area contributed by atoms with Crippen molar-refractivity contribution in [3.63, 3.8) is 0 Å². The molecule has 5 heteroatoms. The third-order valence-electron chi connectivity index (χ3n) is 3.02. The minimum Gasteiger partial charge on any atom is -0.391 e. The molecule has 0 aliphatic rings.